The molecule has 0 saturated carbocycles. The van der Waals surface area contributed by atoms with Crippen molar-refractivity contribution in [2.75, 3.05) is 0 Å². The first-order chi connectivity index (χ1) is 11.6. The van der Waals surface area contributed by atoms with Gasteiger partial charge in [0.25, 0.3) is 0 Å². The van der Waals surface area contributed by atoms with Crippen LogP contribution in [0.3, 0.4) is 0 Å². The highest BCUT2D eigenvalue weighted by molar-refractivity contribution is 8.00. The summed E-state index contributed by atoms with van der Waals surface area (Å²) in [6, 6.07) is 14.5. The van der Waals surface area contributed by atoms with Gasteiger partial charge in [0.05, 0.1) is 5.56 Å². The van der Waals surface area contributed by atoms with Crippen LogP contribution >= 0.6 is 11.8 Å². The number of fused-ring (bicyclic) bond motifs is 1. The van der Waals surface area contributed by atoms with Crippen LogP contribution in [0.25, 0.3) is 0 Å². The maximum absolute atomic E-state index is 11.1. The van der Waals surface area contributed by atoms with Gasteiger partial charge in [0, 0.05) is 5.69 Å². The lowest BCUT2D eigenvalue weighted by Gasteiger charge is -2.25. The van der Waals surface area contributed by atoms with Crippen LogP contribution in [0.5, 0.6) is 0 Å². The van der Waals surface area contributed by atoms with Gasteiger partial charge in [-0.3, -0.25) is 4.79 Å². The number of carboxylic acid groups (broad SMARTS) is 1. The normalized spacial score (nSPS) is 17.6. The highest BCUT2D eigenvalue weighted by Gasteiger charge is 2.24. The van der Waals surface area contributed by atoms with Crippen molar-refractivity contribution in [1.29, 1.82) is 5.26 Å². The number of nitrogens with zero attached hydrogens (tertiary/aromatic N) is 2. The van der Waals surface area contributed by atoms with E-state index in [-0.39, 0.29) is 0 Å². The lowest BCUT2D eigenvalue weighted by atomic mass is 9.82. The molecule has 2 atom stereocenters. The highest BCUT2D eigenvalue weighted by atomic mass is 32.2. The van der Waals surface area contributed by atoms with Gasteiger partial charge in [-0.05, 0) is 49.3 Å². The summed E-state index contributed by atoms with van der Waals surface area (Å²) in [6.45, 7) is 1.61. The smallest absolute Gasteiger partial charge is 0.316 e. The number of aryl methyl sites for hydroxylation is 1. The molecular weight excluding hydrogens is 320 g/mol. The number of carbonyl (C=O) groups is 1. The minimum absolute atomic E-state index is 0.448. The zero-order valence-corrected chi connectivity index (χ0v) is 14.2. The molecule has 2 unspecified atom stereocenters. The molecule has 1 aromatic heterocycles. The number of rotatable bonds is 4. The van der Waals surface area contributed by atoms with Crippen LogP contribution in [0.4, 0.5) is 0 Å². The highest BCUT2D eigenvalue weighted by Crippen LogP contribution is 2.35. The number of hydrogen-bond donors (Lipinski definition) is 1. The number of aromatic nitrogens is 1. The van der Waals surface area contributed by atoms with Gasteiger partial charge in [0.1, 0.15) is 16.3 Å². The van der Waals surface area contributed by atoms with E-state index >= 15 is 0 Å². The fourth-order valence-electron chi connectivity index (χ4n) is 3.04. The van der Waals surface area contributed by atoms with Gasteiger partial charge in [0.15, 0.2) is 0 Å². The van der Waals surface area contributed by atoms with Gasteiger partial charge in [-0.2, -0.15) is 5.26 Å². The Morgan fingerprint density at radius 1 is 1.42 bits per heavy atom. The Labute approximate surface area is 145 Å². The molecule has 1 aliphatic rings. The SMILES string of the molecule is CC(Sc1nc2c(cc1C#N)CC(c1ccccc1)CC2)C(=O)O. The van der Waals surface area contributed by atoms with E-state index in [1.807, 2.05) is 12.1 Å². The van der Waals surface area contributed by atoms with Crippen molar-refractivity contribution in [1.82, 2.24) is 4.98 Å². The molecule has 24 heavy (non-hydrogen) atoms. The van der Waals surface area contributed by atoms with Crippen molar-refractivity contribution in [3.05, 3.63) is 58.8 Å². The predicted octanol–water partition coefficient (Wildman–Crippen LogP) is 3.79. The van der Waals surface area contributed by atoms with Gasteiger partial charge in [0.2, 0.25) is 0 Å². The minimum Gasteiger partial charge on any atom is -0.480 e. The topological polar surface area (TPSA) is 74.0 Å². The molecule has 1 N–H and O–H groups in total. The fraction of sp³-hybridized carbons (Fsp3) is 0.316. The molecule has 0 radical (unpaired) electrons. The Bertz CT molecular complexity index is 799. The van der Waals surface area contributed by atoms with Gasteiger partial charge in [-0.15, -0.1) is 0 Å². The first kappa shape index (κ1) is 16.5. The van der Waals surface area contributed by atoms with E-state index in [1.54, 1.807) is 6.92 Å². The van der Waals surface area contributed by atoms with E-state index in [0.29, 0.717) is 16.5 Å². The number of nitriles is 1. The first-order valence-corrected chi connectivity index (χ1v) is 8.83. The van der Waals surface area contributed by atoms with E-state index in [4.69, 9.17) is 5.11 Å². The quantitative estimate of drug-likeness (QED) is 0.859. The number of carboxylic acids is 1. The molecule has 0 fully saturated rings. The molecule has 0 aliphatic heterocycles. The number of pyridine rings is 1. The van der Waals surface area contributed by atoms with Gasteiger partial charge < -0.3 is 5.11 Å². The number of aliphatic carboxylic acids is 1. The molecule has 0 spiro atoms. The molecule has 1 aromatic carbocycles. The van der Waals surface area contributed by atoms with E-state index in [0.717, 1.165) is 42.3 Å². The predicted molar refractivity (Wildman–Crippen MR) is 93.1 cm³/mol. The maximum atomic E-state index is 11.1. The van der Waals surface area contributed by atoms with Crippen LogP contribution in [0.15, 0.2) is 41.4 Å². The molecular formula is C19H18N2O2S. The maximum Gasteiger partial charge on any atom is 0.316 e. The first-order valence-electron chi connectivity index (χ1n) is 7.95. The lowest BCUT2D eigenvalue weighted by molar-refractivity contribution is -0.136. The number of benzene rings is 1. The molecule has 1 heterocycles. The Kier molecular flexibility index (Phi) is 4.86. The molecule has 4 nitrogen and oxygen atoms in total. The minimum atomic E-state index is -0.896. The van der Waals surface area contributed by atoms with E-state index in [2.05, 4.69) is 35.3 Å². The molecule has 5 heteroatoms. The Hall–Kier alpha value is -2.32. The summed E-state index contributed by atoms with van der Waals surface area (Å²) in [7, 11) is 0. The van der Waals surface area contributed by atoms with Gasteiger partial charge in [-0.1, -0.05) is 42.1 Å². The molecule has 0 saturated heterocycles. The van der Waals surface area contributed by atoms with Crippen molar-refractivity contribution < 1.29 is 9.90 Å². The summed E-state index contributed by atoms with van der Waals surface area (Å²) in [5.74, 6) is -0.448. The summed E-state index contributed by atoms with van der Waals surface area (Å²) >= 11 is 1.14. The largest absolute Gasteiger partial charge is 0.480 e. The number of hydrogen-bond acceptors (Lipinski definition) is 4. The standard InChI is InChI=1S/C19H18N2O2S/c1-12(19(22)23)24-18-16(11-20)10-15-9-14(7-8-17(15)21-18)13-5-3-2-4-6-13/h2-6,10,12,14H,7-9H2,1H3,(H,22,23). The van der Waals surface area contributed by atoms with Crippen LogP contribution in [-0.4, -0.2) is 21.3 Å². The van der Waals surface area contributed by atoms with Crippen LogP contribution in [-0.2, 0) is 17.6 Å². The van der Waals surface area contributed by atoms with Crippen molar-refractivity contribution in [3.8, 4) is 6.07 Å². The van der Waals surface area contributed by atoms with Gasteiger partial charge in [-0.25, -0.2) is 4.98 Å². The average Bonchev–Trinajstić information content (AvgIpc) is 2.61. The summed E-state index contributed by atoms with van der Waals surface area (Å²) in [6.07, 6.45) is 2.75. The second-order valence-electron chi connectivity index (χ2n) is 6.01. The second-order valence-corrected chi connectivity index (χ2v) is 7.34. The third-order valence-electron chi connectivity index (χ3n) is 4.38. The van der Waals surface area contributed by atoms with E-state index in [1.165, 1.54) is 5.56 Å². The third kappa shape index (κ3) is 3.44. The third-order valence-corrected chi connectivity index (χ3v) is 5.47. The molecule has 0 amide bonds. The molecule has 0 bridgehead atoms. The van der Waals surface area contributed by atoms with Gasteiger partial charge >= 0.3 is 5.97 Å². The zero-order valence-electron chi connectivity index (χ0n) is 13.4. The van der Waals surface area contributed by atoms with Crippen LogP contribution in [0.2, 0.25) is 0 Å². The molecule has 3 rings (SSSR count). The number of thioether (sulfide) groups is 1. The van der Waals surface area contributed by atoms with Crippen molar-refractivity contribution in [3.63, 3.8) is 0 Å². The zero-order chi connectivity index (χ0) is 17.1. The fourth-order valence-corrected chi connectivity index (χ4v) is 3.87. The summed E-state index contributed by atoms with van der Waals surface area (Å²) in [5.41, 5.74) is 3.90. The van der Waals surface area contributed by atoms with Crippen molar-refractivity contribution >= 4 is 17.7 Å². The summed E-state index contributed by atoms with van der Waals surface area (Å²) in [4.78, 5) is 15.7. The van der Waals surface area contributed by atoms with Crippen LogP contribution in [0, 0.1) is 11.3 Å². The van der Waals surface area contributed by atoms with Crippen LogP contribution < -0.4 is 0 Å². The Balaban J connectivity index is 1.88. The average molecular weight is 338 g/mol. The molecule has 122 valence electrons. The van der Waals surface area contributed by atoms with Crippen molar-refractivity contribution in [2.24, 2.45) is 0 Å². The molecule has 2 aromatic rings. The van der Waals surface area contributed by atoms with Crippen LogP contribution in [0.1, 0.15) is 41.6 Å². The monoisotopic (exact) mass is 338 g/mol. The summed E-state index contributed by atoms with van der Waals surface area (Å²) < 4.78 is 0. The van der Waals surface area contributed by atoms with Crippen molar-refractivity contribution in [2.45, 2.75) is 42.4 Å². The van der Waals surface area contributed by atoms with E-state index in [9.17, 15) is 10.1 Å². The lowest BCUT2D eigenvalue weighted by Crippen LogP contribution is -2.16. The Morgan fingerprint density at radius 3 is 2.83 bits per heavy atom. The van der Waals surface area contributed by atoms with E-state index < -0.39 is 11.2 Å². The molecule has 1 aliphatic carbocycles. The second kappa shape index (κ2) is 7.06. The summed E-state index contributed by atoms with van der Waals surface area (Å²) in [5, 5.41) is 18.4. The Morgan fingerprint density at radius 2 is 2.17 bits per heavy atom.